The number of benzene rings is 7. The van der Waals surface area contributed by atoms with Gasteiger partial charge in [0.15, 0.2) is 0 Å². The predicted molar refractivity (Wildman–Crippen MR) is 462 cm³/mol. The summed E-state index contributed by atoms with van der Waals surface area (Å²) in [6.45, 7) is 16.4. The van der Waals surface area contributed by atoms with Crippen molar-refractivity contribution in [2.24, 2.45) is 0 Å². The first-order valence-corrected chi connectivity index (χ1v) is 45.3. The summed E-state index contributed by atoms with van der Waals surface area (Å²) in [6, 6.07) is 53.8. The molecule has 24 heteroatoms. The monoisotopic (exact) mass is 1680 g/mol. The van der Waals surface area contributed by atoms with E-state index >= 15 is 0 Å². The van der Waals surface area contributed by atoms with Gasteiger partial charge in [0.2, 0.25) is 46.3 Å². The van der Waals surface area contributed by atoms with Crippen LogP contribution in [0.2, 0.25) is 5.02 Å². The quantitative estimate of drug-likeness (QED) is 0.0691. The van der Waals surface area contributed by atoms with Crippen LogP contribution >= 0.6 is 58.6 Å². The Morgan fingerprint density at radius 3 is 0.949 bits per heavy atom. The zero-order valence-electron chi connectivity index (χ0n) is 66.2. The molecule has 0 radical (unpaired) electrons. The van der Waals surface area contributed by atoms with Crippen LogP contribution < -0.4 is 9.47 Å². The van der Waals surface area contributed by atoms with Crippen LogP contribution in [0.4, 0.5) is 4.39 Å². The van der Waals surface area contributed by atoms with Crippen molar-refractivity contribution in [3.05, 3.63) is 256 Å². The summed E-state index contributed by atoms with van der Waals surface area (Å²) < 4.78 is 50.5. The molecule has 18 nitrogen and oxygen atoms in total. The van der Waals surface area contributed by atoms with Crippen LogP contribution in [0.1, 0.15) is 154 Å². The van der Waals surface area contributed by atoms with Gasteiger partial charge in [-0.1, -0.05) is 139 Å². The Kier molecular flexibility index (Phi) is 25.4. The van der Waals surface area contributed by atoms with Crippen LogP contribution in [0.5, 0.6) is 11.5 Å². The standard InChI is InChI=1S/C25H24ClNO4S.C25H24FNO4S.C25H25NO3S.C19H21NO3S/c2*26-17-6-8-18(9-7-17)30-15-3-12-27-13-10-25(11-14-27)16-32-24-22(29)21(28)19-4-1-2-5-20(19)23(24)31-25;27-21-19-10-4-5-11-20(19)23-24(22(21)28)30-17-25(29-23)12-15-26(16-13-25)14-6-9-18-7-2-1-3-8-18;1-12(2)20-9-7-19(8-10-20)11-24-18-16(22)15(21)13-5-3-4-6-14(13)17(18)23-19/h2*1-2,4-9H,3,10-16H2;1-5,7-8,10-11H,6,9,12-17H2;3-6,12H,7-11H2,1-2H3. The summed E-state index contributed by atoms with van der Waals surface area (Å²) in [5.74, 6) is 3.19. The molecule has 7 aromatic carbocycles. The van der Waals surface area contributed by atoms with E-state index in [1.165, 1.54) is 64.7 Å². The highest BCUT2D eigenvalue weighted by molar-refractivity contribution is 8.05. The predicted octanol–water partition coefficient (Wildman–Crippen LogP) is 16.6. The van der Waals surface area contributed by atoms with Crippen molar-refractivity contribution in [3.8, 4) is 11.5 Å². The molecule has 0 bridgehead atoms. The molecule has 4 fully saturated rings. The smallest absolute Gasteiger partial charge is 0.243 e. The highest BCUT2D eigenvalue weighted by Gasteiger charge is 2.51. The summed E-state index contributed by atoms with van der Waals surface area (Å²) >= 11 is 11.9. The van der Waals surface area contributed by atoms with E-state index in [-0.39, 0.29) is 28.2 Å². The third-order valence-electron chi connectivity index (χ3n) is 24.3. The lowest BCUT2D eigenvalue weighted by Crippen LogP contribution is -2.51. The second-order valence-corrected chi connectivity index (χ2v) is 36.7. The van der Waals surface area contributed by atoms with Gasteiger partial charge in [0.1, 0.15) is 82.4 Å². The Hall–Kier alpha value is -8.88. The maximum atomic E-state index is 13.0. The van der Waals surface area contributed by atoms with Crippen molar-refractivity contribution >= 4 is 128 Å². The Bertz CT molecular complexity index is 5000. The van der Waals surface area contributed by atoms with Crippen LogP contribution in [-0.2, 0) is 44.5 Å². The van der Waals surface area contributed by atoms with Crippen LogP contribution in [-0.4, -0.2) is 203 Å². The highest BCUT2D eigenvalue weighted by atomic mass is 35.5. The van der Waals surface area contributed by atoms with E-state index in [1.54, 1.807) is 60.7 Å². The molecule has 4 saturated heterocycles. The summed E-state index contributed by atoms with van der Waals surface area (Å²) in [5, 5.41) is 0.707. The maximum absolute atomic E-state index is 13.0. The number of ketones is 8. The molecule has 8 aliphatic heterocycles. The number of allylic oxidation sites excluding steroid dienone is 4. The number of carbonyl (C=O) groups is 8. The normalized spacial score (nSPS) is 20.9. The van der Waals surface area contributed by atoms with E-state index in [9.17, 15) is 42.7 Å². The number of fused-ring (bicyclic) bond motifs is 8. The van der Waals surface area contributed by atoms with E-state index in [4.69, 9.17) is 40.0 Å². The fourth-order valence-corrected chi connectivity index (χ4v) is 22.4. The topological polar surface area (TPSA) is 205 Å². The first kappa shape index (κ1) is 82.8. The van der Waals surface area contributed by atoms with E-state index in [1.807, 2.05) is 72.8 Å². The zero-order chi connectivity index (χ0) is 81.7. The third-order valence-corrected chi connectivity index (χ3v) is 29.8. The number of likely N-dealkylation sites (tertiary alicyclic amines) is 4. The third kappa shape index (κ3) is 18.0. The summed E-state index contributed by atoms with van der Waals surface area (Å²) in [4.78, 5) is 111. The molecule has 12 aliphatic rings. The van der Waals surface area contributed by atoms with Crippen molar-refractivity contribution < 1.29 is 71.2 Å². The second-order valence-electron chi connectivity index (χ2n) is 32.3. The summed E-state index contributed by atoms with van der Waals surface area (Å²) in [7, 11) is 0. The molecule has 612 valence electrons. The number of hydrogen-bond donors (Lipinski definition) is 0. The number of aryl methyl sites for hydroxylation is 1. The van der Waals surface area contributed by atoms with Crippen molar-refractivity contribution in [1.82, 2.24) is 19.6 Å². The lowest BCUT2D eigenvalue weighted by Gasteiger charge is -2.46. The largest absolute Gasteiger partial charge is 0.494 e. The molecular weight excluding hydrogens is 1590 g/mol. The SMILES string of the molecule is CC(C)N1CCC2(CC1)CSC1=C(O2)c2ccccc2C(=O)C1=O.O=C1C(=O)c2ccccc2C2=C1SCC1(CCN(CCCOc3ccc(Cl)cc3)CC1)O2.O=C1C(=O)c2ccccc2C2=C1SCC1(CCN(CCCOc3ccc(F)cc3)CC1)O2.O=C1C(=O)c2ccccc2C2=C1SCC1(CCN(CCCc3ccccc3)CC1)O2. The number of ether oxygens (including phenoxy) is 6. The van der Waals surface area contributed by atoms with E-state index in [0.717, 1.165) is 189 Å². The molecule has 0 aromatic heterocycles. The number of hydrogen-bond acceptors (Lipinski definition) is 22. The fourth-order valence-electron chi connectivity index (χ4n) is 17.2. The van der Waals surface area contributed by atoms with Gasteiger partial charge in [0, 0.05) is 195 Å². The van der Waals surface area contributed by atoms with Gasteiger partial charge in [-0.15, -0.1) is 47.0 Å². The molecule has 118 heavy (non-hydrogen) atoms. The van der Waals surface area contributed by atoms with E-state index in [0.29, 0.717) is 106 Å². The average molecular weight is 1690 g/mol. The van der Waals surface area contributed by atoms with Gasteiger partial charge in [-0.05, 0) is 100 Å². The second kappa shape index (κ2) is 36.2. The van der Waals surface area contributed by atoms with Crippen molar-refractivity contribution in [1.29, 1.82) is 0 Å². The van der Waals surface area contributed by atoms with Crippen LogP contribution in [0, 0.1) is 5.82 Å². The number of piperidine rings is 4. The minimum Gasteiger partial charge on any atom is -0.494 e. The van der Waals surface area contributed by atoms with Crippen LogP contribution in [0.3, 0.4) is 0 Å². The van der Waals surface area contributed by atoms with Gasteiger partial charge in [0.25, 0.3) is 0 Å². The lowest BCUT2D eigenvalue weighted by molar-refractivity contribution is -0.112. The van der Waals surface area contributed by atoms with Gasteiger partial charge in [0.05, 0.1) is 13.2 Å². The van der Waals surface area contributed by atoms with Gasteiger partial charge >= 0.3 is 0 Å². The maximum Gasteiger partial charge on any atom is 0.243 e. The molecule has 0 atom stereocenters. The summed E-state index contributed by atoms with van der Waals surface area (Å²) in [6.07, 6.45) is 11.5. The molecule has 7 aromatic rings. The molecular formula is C94H94ClFN4O14S4. The van der Waals surface area contributed by atoms with Gasteiger partial charge in [-0.2, -0.15) is 0 Å². The molecule has 0 amide bonds. The molecule has 0 saturated carbocycles. The van der Waals surface area contributed by atoms with Gasteiger partial charge in [-0.3, -0.25) is 38.4 Å². The number of halogens is 2. The molecule has 19 rings (SSSR count). The Balaban J connectivity index is 0.000000118. The molecule has 8 heterocycles. The first-order chi connectivity index (χ1) is 57.2. The summed E-state index contributed by atoms with van der Waals surface area (Å²) in [5.41, 5.74) is 5.20. The van der Waals surface area contributed by atoms with Crippen molar-refractivity contribution in [2.45, 2.75) is 119 Å². The zero-order valence-corrected chi connectivity index (χ0v) is 70.2. The van der Waals surface area contributed by atoms with Gasteiger partial charge < -0.3 is 48.0 Å². The van der Waals surface area contributed by atoms with Gasteiger partial charge in [-0.25, -0.2) is 4.39 Å². The lowest BCUT2D eigenvalue weighted by atomic mass is 9.89. The van der Waals surface area contributed by atoms with Crippen LogP contribution in [0.15, 0.2) is 196 Å². The Morgan fingerprint density at radius 2 is 0.636 bits per heavy atom. The number of carbonyl (C=O) groups excluding carboxylic acids is 8. The Labute approximate surface area is 709 Å². The number of Topliss-reactive ketones (excluding diaryl/α,β-unsaturated/α-hetero) is 8. The molecule has 4 spiro atoms. The number of thioether (sulfide) groups is 4. The fraction of sp³-hybridized carbons (Fsp3) is 0.383. The minimum absolute atomic E-state index is 0.220. The first-order valence-electron chi connectivity index (χ1n) is 41.0. The number of nitrogens with zero attached hydrogens (tertiary/aromatic N) is 4. The molecule has 4 aliphatic carbocycles. The van der Waals surface area contributed by atoms with E-state index < -0.39 is 46.3 Å². The minimum atomic E-state index is -0.447. The van der Waals surface area contributed by atoms with Crippen LogP contribution in [0.25, 0.3) is 23.0 Å². The van der Waals surface area contributed by atoms with E-state index in [2.05, 4.69) is 63.8 Å². The average Bonchev–Trinajstić information content (AvgIpc) is 0.759. The van der Waals surface area contributed by atoms with Crippen molar-refractivity contribution in [2.75, 3.05) is 108 Å². The number of rotatable bonds is 15. The molecule has 0 unspecified atom stereocenters. The highest BCUT2D eigenvalue weighted by Crippen LogP contribution is 2.52. The van der Waals surface area contributed by atoms with Crippen molar-refractivity contribution in [3.63, 3.8) is 0 Å². The Morgan fingerprint density at radius 1 is 0.356 bits per heavy atom. The molecule has 0 N–H and O–H groups in total.